The molecule has 1 aromatic carbocycles. The highest BCUT2D eigenvalue weighted by Gasteiger charge is 2.32. The van der Waals surface area contributed by atoms with Crippen molar-refractivity contribution >= 4 is 18.4 Å². The van der Waals surface area contributed by atoms with E-state index in [9.17, 15) is 0 Å². The average molecular weight is 328 g/mol. The maximum absolute atomic E-state index is 2.57. The van der Waals surface area contributed by atoms with E-state index in [4.69, 9.17) is 0 Å². The lowest BCUT2D eigenvalue weighted by Crippen LogP contribution is -2.45. The molecule has 1 heterocycles. The van der Waals surface area contributed by atoms with E-state index in [1.54, 1.807) is 0 Å². The minimum Gasteiger partial charge on any atom is -0.369 e. The highest BCUT2D eigenvalue weighted by atomic mass is 15.2. The number of anilines is 1. The first kappa shape index (κ1) is 19.4. The topological polar surface area (TPSA) is 6.48 Å². The Kier molecular flexibility index (Phi) is 6.07. The summed E-state index contributed by atoms with van der Waals surface area (Å²) < 4.78 is 0. The van der Waals surface area contributed by atoms with Gasteiger partial charge in [-0.2, -0.15) is 0 Å². The summed E-state index contributed by atoms with van der Waals surface area (Å²) in [6.07, 6.45) is 2.37. The van der Waals surface area contributed by atoms with Gasteiger partial charge in [-0.1, -0.05) is 65.5 Å². The first-order valence-electron chi connectivity index (χ1n) is 9.69. The van der Waals surface area contributed by atoms with Crippen LogP contribution in [0.15, 0.2) is 18.2 Å². The third-order valence-corrected chi connectivity index (χ3v) is 6.44. The molecular formula is C21H37BN2. The van der Waals surface area contributed by atoms with E-state index in [2.05, 4.69) is 76.6 Å². The third kappa shape index (κ3) is 4.56. The summed E-state index contributed by atoms with van der Waals surface area (Å²) in [5.74, 6) is 0. The standard InChI is InChI=1S/C21H37BN2/c1-8-17-15-18(22-16-21(5,6)20(2,3)4)9-10-19(17)24-13-11-23(7)12-14-24/h9-10,15,22H,8,11-14,16H2,1-7H3. The van der Waals surface area contributed by atoms with E-state index < -0.39 is 0 Å². The number of hydrogen-bond acceptors (Lipinski definition) is 2. The number of nitrogens with zero attached hydrogens (tertiary/aromatic N) is 2. The molecule has 0 bridgehead atoms. The van der Waals surface area contributed by atoms with Gasteiger partial charge in [-0.25, -0.2) is 0 Å². The highest BCUT2D eigenvalue weighted by molar-refractivity contribution is 6.53. The molecule has 0 aliphatic carbocycles. The maximum Gasteiger partial charge on any atom is 0.158 e. The number of likely N-dealkylation sites (N-methyl/N-ethyl adjacent to an activating group) is 1. The van der Waals surface area contributed by atoms with E-state index in [0.717, 1.165) is 19.5 Å². The van der Waals surface area contributed by atoms with Gasteiger partial charge in [0.25, 0.3) is 0 Å². The van der Waals surface area contributed by atoms with Crippen LogP contribution in [0.4, 0.5) is 5.69 Å². The molecular weight excluding hydrogens is 291 g/mol. The molecule has 0 N–H and O–H groups in total. The van der Waals surface area contributed by atoms with Crippen LogP contribution in [0, 0.1) is 10.8 Å². The molecule has 1 aliphatic heterocycles. The fourth-order valence-electron chi connectivity index (χ4n) is 3.27. The van der Waals surface area contributed by atoms with Crippen LogP contribution < -0.4 is 10.4 Å². The molecule has 1 aromatic rings. The van der Waals surface area contributed by atoms with Crippen LogP contribution in [-0.4, -0.2) is 45.4 Å². The molecule has 0 atom stereocenters. The van der Waals surface area contributed by atoms with Gasteiger partial charge >= 0.3 is 0 Å². The van der Waals surface area contributed by atoms with Crippen LogP contribution in [-0.2, 0) is 6.42 Å². The molecule has 0 unspecified atom stereocenters. The molecule has 1 fully saturated rings. The zero-order chi connectivity index (χ0) is 18.0. The fourth-order valence-corrected chi connectivity index (χ4v) is 3.27. The van der Waals surface area contributed by atoms with Crippen LogP contribution in [0.1, 0.15) is 47.1 Å². The smallest absolute Gasteiger partial charge is 0.158 e. The van der Waals surface area contributed by atoms with Gasteiger partial charge in [0.05, 0.1) is 0 Å². The predicted octanol–water partition coefficient (Wildman–Crippen LogP) is 3.55. The first-order valence-corrected chi connectivity index (χ1v) is 9.69. The molecule has 0 amide bonds. The van der Waals surface area contributed by atoms with Gasteiger partial charge in [0.2, 0.25) is 0 Å². The molecule has 0 saturated carbocycles. The number of aryl methyl sites for hydroxylation is 1. The van der Waals surface area contributed by atoms with Gasteiger partial charge < -0.3 is 9.80 Å². The van der Waals surface area contributed by atoms with Crippen molar-refractivity contribution in [2.24, 2.45) is 10.8 Å². The average Bonchev–Trinajstić information content (AvgIpc) is 2.52. The molecule has 134 valence electrons. The molecule has 1 aliphatic rings. The lowest BCUT2D eigenvalue weighted by molar-refractivity contribution is 0.157. The summed E-state index contributed by atoms with van der Waals surface area (Å²) in [5, 5.41) is 0. The van der Waals surface area contributed by atoms with Crippen molar-refractivity contribution in [1.29, 1.82) is 0 Å². The van der Waals surface area contributed by atoms with Crippen LogP contribution in [0.5, 0.6) is 0 Å². The van der Waals surface area contributed by atoms with Crippen molar-refractivity contribution in [2.45, 2.75) is 54.3 Å². The number of hydrogen-bond donors (Lipinski definition) is 0. The number of piperazine rings is 1. The Morgan fingerprint density at radius 1 is 1.00 bits per heavy atom. The largest absolute Gasteiger partial charge is 0.369 e. The van der Waals surface area contributed by atoms with E-state index >= 15 is 0 Å². The SMILES string of the molecule is CCc1cc(BCC(C)(C)C(C)(C)C)ccc1N1CCN(C)CC1. The first-order chi connectivity index (χ1) is 11.1. The summed E-state index contributed by atoms with van der Waals surface area (Å²) >= 11 is 0. The van der Waals surface area contributed by atoms with E-state index in [-0.39, 0.29) is 0 Å². The zero-order valence-electron chi connectivity index (χ0n) is 17.1. The zero-order valence-corrected chi connectivity index (χ0v) is 17.1. The Labute approximate surface area is 150 Å². The second kappa shape index (κ2) is 7.51. The van der Waals surface area contributed by atoms with Crippen molar-refractivity contribution in [2.75, 3.05) is 38.1 Å². The fraction of sp³-hybridized carbons (Fsp3) is 0.714. The quantitative estimate of drug-likeness (QED) is 0.763. The molecule has 0 aromatic heterocycles. The maximum atomic E-state index is 2.57. The lowest BCUT2D eigenvalue weighted by atomic mass is 9.53. The Bertz CT molecular complexity index is 537. The molecule has 0 spiro atoms. The number of rotatable bonds is 5. The van der Waals surface area contributed by atoms with E-state index in [1.807, 2.05) is 0 Å². The Morgan fingerprint density at radius 2 is 1.62 bits per heavy atom. The highest BCUT2D eigenvalue weighted by Crippen LogP contribution is 2.40. The normalized spacial score (nSPS) is 17.2. The Hall–Kier alpha value is -0.955. The molecule has 0 radical (unpaired) electrons. The van der Waals surface area contributed by atoms with Gasteiger partial charge in [0, 0.05) is 31.9 Å². The molecule has 24 heavy (non-hydrogen) atoms. The third-order valence-electron chi connectivity index (χ3n) is 6.44. The molecule has 1 saturated heterocycles. The van der Waals surface area contributed by atoms with E-state index in [1.165, 1.54) is 43.4 Å². The lowest BCUT2D eigenvalue weighted by Gasteiger charge is -2.39. The summed E-state index contributed by atoms with van der Waals surface area (Å²) in [4.78, 5) is 4.99. The van der Waals surface area contributed by atoms with Gasteiger partial charge in [-0.3, -0.25) is 0 Å². The minimum absolute atomic E-state index is 0.348. The predicted molar refractivity (Wildman–Crippen MR) is 110 cm³/mol. The summed E-state index contributed by atoms with van der Waals surface area (Å²) in [6.45, 7) is 18.8. The van der Waals surface area contributed by atoms with Gasteiger partial charge in [0.1, 0.15) is 0 Å². The second-order valence-electron chi connectivity index (χ2n) is 9.24. The Balaban J connectivity index is 2.09. The van der Waals surface area contributed by atoms with Crippen molar-refractivity contribution in [3.63, 3.8) is 0 Å². The Morgan fingerprint density at radius 3 is 2.17 bits per heavy atom. The second-order valence-corrected chi connectivity index (χ2v) is 9.24. The van der Waals surface area contributed by atoms with Gasteiger partial charge in [0.15, 0.2) is 7.28 Å². The summed E-state index contributed by atoms with van der Waals surface area (Å²) in [5.41, 5.74) is 5.19. The minimum atomic E-state index is 0.348. The summed E-state index contributed by atoms with van der Waals surface area (Å²) in [6, 6.07) is 7.21. The van der Waals surface area contributed by atoms with Gasteiger partial charge in [-0.05, 0) is 35.9 Å². The van der Waals surface area contributed by atoms with Gasteiger partial charge in [-0.15, -0.1) is 0 Å². The molecule has 2 nitrogen and oxygen atoms in total. The number of benzene rings is 1. The van der Waals surface area contributed by atoms with Crippen LogP contribution >= 0.6 is 0 Å². The summed E-state index contributed by atoms with van der Waals surface area (Å²) in [7, 11) is 3.40. The van der Waals surface area contributed by atoms with Crippen LogP contribution in [0.3, 0.4) is 0 Å². The monoisotopic (exact) mass is 328 g/mol. The molecule has 2 rings (SSSR count). The van der Waals surface area contributed by atoms with Crippen molar-refractivity contribution in [1.82, 2.24) is 4.90 Å². The molecule has 3 heteroatoms. The van der Waals surface area contributed by atoms with E-state index in [0.29, 0.717) is 10.8 Å². The van der Waals surface area contributed by atoms with Crippen molar-refractivity contribution in [3.8, 4) is 0 Å². The van der Waals surface area contributed by atoms with Crippen molar-refractivity contribution in [3.05, 3.63) is 23.8 Å². The van der Waals surface area contributed by atoms with Crippen LogP contribution in [0.2, 0.25) is 6.32 Å². The van der Waals surface area contributed by atoms with Crippen LogP contribution in [0.25, 0.3) is 0 Å². The van der Waals surface area contributed by atoms with Crippen molar-refractivity contribution < 1.29 is 0 Å².